The van der Waals surface area contributed by atoms with Crippen molar-refractivity contribution in [1.29, 1.82) is 5.26 Å². The summed E-state index contributed by atoms with van der Waals surface area (Å²) in [5.74, 6) is -0.0133. The van der Waals surface area contributed by atoms with Crippen molar-refractivity contribution in [3.05, 3.63) is 58.7 Å². The first-order chi connectivity index (χ1) is 16.6. The minimum atomic E-state index is -0.595. The van der Waals surface area contributed by atoms with Gasteiger partial charge in [-0.15, -0.1) is 0 Å². The van der Waals surface area contributed by atoms with Gasteiger partial charge in [-0.3, -0.25) is 4.79 Å². The standard InChI is InChI=1S/C27H32N2O6/c1-18-7-9-22(21(13-18)27(2,3)4)34-17-25(30)35-23-10-8-19(15-24(23)33-6)14-20(16-28)26(31)29-11-12-32-5/h7-10,13-15H,11-12,17H2,1-6H3,(H,29,31)/b20-14+. The Kier molecular flexibility index (Phi) is 9.86. The number of hydrogen-bond acceptors (Lipinski definition) is 7. The van der Waals surface area contributed by atoms with Crippen molar-refractivity contribution in [3.8, 4) is 23.3 Å². The van der Waals surface area contributed by atoms with Crippen LogP contribution in [-0.2, 0) is 19.7 Å². The number of nitrogens with zero attached hydrogens (tertiary/aromatic N) is 1. The molecule has 35 heavy (non-hydrogen) atoms. The topological polar surface area (TPSA) is 107 Å². The highest BCUT2D eigenvalue weighted by Crippen LogP contribution is 2.33. The largest absolute Gasteiger partial charge is 0.493 e. The smallest absolute Gasteiger partial charge is 0.349 e. The average molecular weight is 481 g/mol. The molecule has 0 aliphatic heterocycles. The minimum absolute atomic E-state index is 0.0750. The van der Waals surface area contributed by atoms with E-state index in [2.05, 4.69) is 26.1 Å². The monoisotopic (exact) mass is 480 g/mol. The van der Waals surface area contributed by atoms with Crippen molar-refractivity contribution < 1.29 is 28.5 Å². The van der Waals surface area contributed by atoms with Crippen molar-refractivity contribution in [2.45, 2.75) is 33.1 Å². The highest BCUT2D eigenvalue weighted by molar-refractivity contribution is 6.01. The second kappa shape index (κ2) is 12.6. The lowest BCUT2D eigenvalue weighted by molar-refractivity contribution is -0.136. The highest BCUT2D eigenvalue weighted by Gasteiger charge is 2.20. The Bertz CT molecular complexity index is 1130. The lowest BCUT2D eigenvalue weighted by Crippen LogP contribution is -2.27. The fourth-order valence-electron chi connectivity index (χ4n) is 3.18. The summed E-state index contributed by atoms with van der Waals surface area (Å²) in [4.78, 5) is 24.6. The summed E-state index contributed by atoms with van der Waals surface area (Å²) in [5, 5.41) is 11.9. The van der Waals surface area contributed by atoms with Gasteiger partial charge >= 0.3 is 5.97 Å². The number of amides is 1. The first-order valence-electron chi connectivity index (χ1n) is 11.1. The number of nitriles is 1. The number of methoxy groups -OCH3 is 2. The Morgan fingerprint density at radius 3 is 2.40 bits per heavy atom. The zero-order chi connectivity index (χ0) is 26.0. The quantitative estimate of drug-likeness (QED) is 0.180. The van der Waals surface area contributed by atoms with E-state index in [0.29, 0.717) is 17.9 Å². The number of rotatable bonds is 10. The molecule has 0 heterocycles. The van der Waals surface area contributed by atoms with Crippen molar-refractivity contribution in [2.24, 2.45) is 0 Å². The number of nitrogens with one attached hydrogen (secondary N) is 1. The van der Waals surface area contributed by atoms with Gasteiger partial charge in [0.05, 0.1) is 13.7 Å². The predicted octanol–water partition coefficient (Wildman–Crippen LogP) is 3.96. The number of hydrogen-bond donors (Lipinski definition) is 1. The van der Waals surface area contributed by atoms with E-state index in [9.17, 15) is 14.9 Å². The number of aryl methyl sites for hydroxylation is 1. The van der Waals surface area contributed by atoms with E-state index in [1.807, 2.05) is 31.2 Å². The predicted molar refractivity (Wildman–Crippen MR) is 132 cm³/mol. The maximum Gasteiger partial charge on any atom is 0.349 e. The van der Waals surface area contributed by atoms with Crippen LogP contribution in [0.15, 0.2) is 42.0 Å². The lowest BCUT2D eigenvalue weighted by atomic mass is 9.85. The van der Waals surface area contributed by atoms with Crippen molar-refractivity contribution >= 4 is 18.0 Å². The van der Waals surface area contributed by atoms with Crippen LogP contribution in [0.25, 0.3) is 6.08 Å². The Morgan fingerprint density at radius 1 is 1.06 bits per heavy atom. The van der Waals surface area contributed by atoms with E-state index < -0.39 is 11.9 Å². The summed E-state index contributed by atoms with van der Waals surface area (Å²) in [6, 6.07) is 12.4. The number of benzene rings is 2. The normalized spacial score (nSPS) is 11.4. The summed E-state index contributed by atoms with van der Waals surface area (Å²) >= 11 is 0. The van der Waals surface area contributed by atoms with Gasteiger partial charge < -0.3 is 24.3 Å². The van der Waals surface area contributed by atoms with Gasteiger partial charge in [0.2, 0.25) is 0 Å². The van der Waals surface area contributed by atoms with Crippen molar-refractivity contribution in [3.63, 3.8) is 0 Å². The third kappa shape index (κ3) is 8.16. The van der Waals surface area contributed by atoms with Gasteiger partial charge in [-0.2, -0.15) is 5.26 Å². The number of carbonyl (C=O) groups excluding carboxylic acids is 2. The molecule has 8 heteroatoms. The van der Waals surface area contributed by atoms with Gasteiger partial charge in [-0.1, -0.05) is 44.5 Å². The first kappa shape index (κ1) is 27.4. The highest BCUT2D eigenvalue weighted by atomic mass is 16.6. The average Bonchev–Trinajstić information content (AvgIpc) is 2.81. The van der Waals surface area contributed by atoms with Crippen LogP contribution in [0, 0.1) is 18.3 Å². The van der Waals surface area contributed by atoms with Gasteiger partial charge in [0.25, 0.3) is 5.91 Å². The second-order valence-electron chi connectivity index (χ2n) is 8.84. The van der Waals surface area contributed by atoms with Gasteiger partial charge in [0.15, 0.2) is 18.1 Å². The van der Waals surface area contributed by atoms with E-state index >= 15 is 0 Å². The zero-order valence-electron chi connectivity index (χ0n) is 21.1. The van der Waals surface area contributed by atoms with Crippen molar-refractivity contribution in [1.82, 2.24) is 5.32 Å². The molecule has 2 aromatic rings. The van der Waals surface area contributed by atoms with Gasteiger partial charge in [-0.05, 0) is 47.7 Å². The van der Waals surface area contributed by atoms with Crippen LogP contribution in [0.1, 0.15) is 37.5 Å². The molecule has 1 amide bonds. The van der Waals surface area contributed by atoms with E-state index in [1.165, 1.54) is 26.4 Å². The number of ether oxygens (including phenoxy) is 4. The van der Waals surface area contributed by atoms with Crippen LogP contribution in [0.3, 0.4) is 0 Å². The molecule has 2 aromatic carbocycles. The molecule has 0 saturated carbocycles. The SMILES string of the molecule is COCCNC(=O)/C(C#N)=C/c1ccc(OC(=O)COc2ccc(C)cc2C(C)(C)C)c(OC)c1. The fourth-order valence-corrected chi connectivity index (χ4v) is 3.18. The molecule has 0 bridgehead atoms. The molecule has 8 nitrogen and oxygen atoms in total. The molecule has 0 aliphatic carbocycles. The third-order valence-electron chi connectivity index (χ3n) is 4.97. The zero-order valence-corrected chi connectivity index (χ0v) is 21.1. The molecule has 186 valence electrons. The third-order valence-corrected chi connectivity index (χ3v) is 4.97. The molecule has 1 N–H and O–H groups in total. The van der Waals surface area contributed by atoms with Crippen LogP contribution in [0.5, 0.6) is 17.2 Å². The van der Waals surface area contributed by atoms with Gasteiger partial charge in [-0.25, -0.2) is 4.79 Å². The van der Waals surface area contributed by atoms with Gasteiger partial charge in [0, 0.05) is 13.7 Å². The summed E-state index contributed by atoms with van der Waals surface area (Å²) in [6.45, 7) is 8.58. The second-order valence-corrected chi connectivity index (χ2v) is 8.84. The molecule has 0 radical (unpaired) electrons. The van der Waals surface area contributed by atoms with E-state index in [0.717, 1.165) is 11.1 Å². The Morgan fingerprint density at radius 2 is 1.77 bits per heavy atom. The maximum atomic E-state index is 12.5. The summed E-state index contributed by atoms with van der Waals surface area (Å²) in [5.41, 5.74) is 2.41. The van der Waals surface area contributed by atoms with E-state index in [1.54, 1.807) is 12.1 Å². The molecule has 2 rings (SSSR count). The summed E-state index contributed by atoms with van der Waals surface area (Å²) in [7, 11) is 2.95. The molecular formula is C27H32N2O6. The molecule has 0 unspecified atom stereocenters. The number of esters is 1. The van der Waals surface area contributed by atoms with Crippen LogP contribution >= 0.6 is 0 Å². The molecule has 0 aliphatic rings. The van der Waals surface area contributed by atoms with Crippen LogP contribution in [0.2, 0.25) is 0 Å². The van der Waals surface area contributed by atoms with E-state index in [4.69, 9.17) is 18.9 Å². The van der Waals surface area contributed by atoms with Gasteiger partial charge in [0.1, 0.15) is 17.4 Å². The van der Waals surface area contributed by atoms with Crippen LogP contribution in [0.4, 0.5) is 0 Å². The molecular weight excluding hydrogens is 448 g/mol. The van der Waals surface area contributed by atoms with Crippen LogP contribution in [-0.4, -0.2) is 45.9 Å². The molecule has 0 aromatic heterocycles. The Balaban J connectivity index is 2.11. The summed E-state index contributed by atoms with van der Waals surface area (Å²) in [6.07, 6.45) is 1.42. The first-order valence-corrected chi connectivity index (χ1v) is 11.1. The number of carbonyl (C=O) groups is 2. The minimum Gasteiger partial charge on any atom is -0.493 e. The molecule has 0 atom stereocenters. The van der Waals surface area contributed by atoms with Crippen LogP contribution < -0.4 is 19.5 Å². The fraction of sp³-hybridized carbons (Fsp3) is 0.370. The van der Waals surface area contributed by atoms with E-state index in [-0.39, 0.29) is 35.6 Å². The lowest BCUT2D eigenvalue weighted by Gasteiger charge is -2.23. The van der Waals surface area contributed by atoms with Crippen molar-refractivity contribution in [2.75, 3.05) is 34.0 Å². The Hall–Kier alpha value is -3.83. The molecule has 0 saturated heterocycles. The Labute approximate surface area is 206 Å². The maximum absolute atomic E-state index is 12.5. The molecule has 0 fully saturated rings. The summed E-state index contributed by atoms with van der Waals surface area (Å²) < 4.78 is 21.4. The molecule has 0 spiro atoms.